The fraction of sp³-hybridized carbons (Fsp3) is 0.500. The zero-order valence-corrected chi connectivity index (χ0v) is 22.0. The van der Waals surface area contributed by atoms with Crippen molar-refractivity contribution in [3.8, 4) is 0 Å². The first-order chi connectivity index (χ1) is 16.9. The van der Waals surface area contributed by atoms with Crippen molar-refractivity contribution in [2.45, 2.75) is 65.6 Å². The number of allylic oxidation sites excluding steroid dienone is 1. The van der Waals surface area contributed by atoms with Crippen molar-refractivity contribution in [3.63, 3.8) is 0 Å². The van der Waals surface area contributed by atoms with Crippen LogP contribution in [0.2, 0.25) is 0 Å². The van der Waals surface area contributed by atoms with E-state index in [9.17, 15) is 19.5 Å². The fourth-order valence-electron chi connectivity index (χ4n) is 6.21. The number of carbonyl (C=O) groups excluding carboxylic acids is 3. The van der Waals surface area contributed by atoms with E-state index >= 15 is 0 Å². The van der Waals surface area contributed by atoms with Gasteiger partial charge in [-0.05, 0) is 54.2 Å². The second-order valence-electron chi connectivity index (χ2n) is 10.6. The summed E-state index contributed by atoms with van der Waals surface area (Å²) >= 11 is 0. The second kappa shape index (κ2) is 11.0. The van der Waals surface area contributed by atoms with Crippen molar-refractivity contribution in [3.05, 3.63) is 65.8 Å². The molecule has 1 N–H and O–H groups in total. The van der Waals surface area contributed by atoms with Crippen LogP contribution in [0.25, 0.3) is 6.08 Å². The Labute approximate surface area is 214 Å². The van der Waals surface area contributed by atoms with Crippen LogP contribution in [-0.4, -0.2) is 42.1 Å². The third-order valence-corrected chi connectivity index (χ3v) is 8.70. The summed E-state index contributed by atoms with van der Waals surface area (Å²) in [6.07, 6.45) is 5.11. The average molecular weight is 495 g/mol. The molecule has 6 heteroatoms. The number of rotatable bonds is 8. The van der Waals surface area contributed by atoms with Crippen LogP contribution in [0.3, 0.4) is 0 Å². The Bertz CT molecular complexity index is 1070. The van der Waals surface area contributed by atoms with Gasteiger partial charge < -0.3 is 14.6 Å². The number of Topliss-reactive ketones (excluding diaryl/α,β-unsaturated/α-hetero) is 1. The summed E-state index contributed by atoms with van der Waals surface area (Å²) in [6, 6.07) is 9.47. The van der Waals surface area contributed by atoms with Crippen molar-refractivity contribution in [1.29, 1.82) is 0 Å². The molecule has 6 atom stereocenters. The largest absolute Gasteiger partial charge is 0.469 e. The smallest absolute Gasteiger partial charge is 0.331 e. The molecule has 0 aromatic heterocycles. The van der Waals surface area contributed by atoms with Crippen LogP contribution in [0, 0.1) is 22.7 Å². The van der Waals surface area contributed by atoms with Gasteiger partial charge in [0.2, 0.25) is 0 Å². The highest BCUT2D eigenvalue weighted by atomic mass is 16.6. The highest BCUT2D eigenvalue weighted by molar-refractivity contribution is 5.99. The van der Waals surface area contributed by atoms with Gasteiger partial charge in [-0.2, -0.15) is 0 Å². The van der Waals surface area contributed by atoms with E-state index < -0.39 is 35.0 Å². The predicted molar refractivity (Wildman–Crippen MR) is 139 cm³/mol. The molecule has 0 heterocycles. The second-order valence-corrected chi connectivity index (χ2v) is 10.6. The molecule has 0 spiro atoms. The Kier molecular flexibility index (Phi) is 8.40. The first kappa shape index (κ1) is 27.6. The molecule has 1 aromatic carbocycles. The number of benzene rings is 1. The molecule has 1 saturated carbocycles. The van der Waals surface area contributed by atoms with Gasteiger partial charge in [0.25, 0.3) is 0 Å². The molecule has 0 bridgehead atoms. The molecule has 0 saturated heterocycles. The van der Waals surface area contributed by atoms with E-state index in [1.807, 2.05) is 58.0 Å². The van der Waals surface area contributed by atoms with Gasteiger partial charge in [0.05, 0.1) is 19.6 Å². The maximum absolute atomic E-state index is 13.2. The molecule has 1 fully saturated rings. The number of fused-ring (bicyclic) bond motifs is 1. The molecule has 0 amide bonds. The number of methoxy groups -OCH3 is 1. The number of aliphatic hydroxyl groups is 1. The molecule has 36 heavy (non-hydrogen) atoms. The lowest BCUT2D eigenvalue weighted by Gasteiger charge is -2.61. The number of carbonyl (C=O) groups is 3. The first-order valence-electron chi connectivity index (χ1n) is 12.5. The molecule has 2 aliphatic carbocycles. The van der Waals surface area contributed by atoms with Crippen molar-refractivity contribution >= 4 is 23.8 Å². The summed E-state index contributed by atoms with van der Waals surface area (Å²) < 4.78 is 10.7. The van der Waals surface area contributed by atoms with Crippen LogP contribution in [0.1, 0.15) is 58.9 Å². The molecule has 0 radical (unpaired) electrons. The number of hydrogen-bond donors (Lipinski definition) is 1. The van der Waals surface area contributed by atoms with Gasteiger partial charge in [0, 0.05) is 17.9 Å². The minimum atomic E-state index is -0.978. The van der Waals surface area contributed by atoms with E-state index in [-0.39, 0.29) is 36.0 Å². The van der Waals surface area contributed by atoms with E-state index in [2.05, 4.69) is 17.4 Å². The topological polar surface area (TPSA) is 89.9 Å². The lowest BCUT2D eigenvalue weighted by atomic mass is 9.45. The third-order valence-electron chi connectivity index (χ3n) is 8.70. The van der Waals surface area contributed by atoms with Crippen LogP contribution < -0.4 is 0 Å². The van der Waals surface area contributed by atoms with Crippen LogP contribution >= 0.6 is 0 Å². The van der Waals surface area contributed by atoms with Crippen LogP contribution in [-0.2, 0) is 23.9 Å². The van der Waals surface area contributed by atoms with Crippen molar-refractivity contribution in [1.82, 2.24) is 0 Å². The summed E-state index contributed by atoms with van der Waals surface area (Å²) in [5.74, 6) is -1.60. The van der Waals surface area contributed by atoms with Gasteiger partial charge in [-0.15, -0.1) is 0 Å². The molecular weight excluding hydrogens is 456 g/mol. The van der Waals surface area contributed by atoms with Gasteiger partial charge in [-0.3, -0.25) is 9.59 Å². The van der Waals surface area contributed by atoms with Crippen molar-refractivity contribution < 1.29 is 29.0 Å². The summed E-state index contributed by atoms with van der Waals surface area (Å²) in [6.45, 7) is 11.8. The van der Waals surface area contributed by atoms with Gasteiger partial charge in [0.15, 0.2) is 5.78 Å². The number of ketones is 1. The van der Waals surface area contributed by atoms with Gasteiger partial charge in [-0.25, -0.2) is 4.79 Å². The van der Waals surface area contributed by atoms with Crippen LogP contribution in [0.4, 0.5) is 0 Å². The molecule has 2 aliphatic rings. The number of esters is 2. The van der Waals surface area contributed by atoms with E-state index in [0.29, 0.717) is 0 Å². The third kappa shape index (κ3) is 5.24. The van der Waals surface area contributed by atoms with Gasteiger partial charge in [-0.1, -0.05) is 69.3 Å². The summed E-state index contributed by atoms with van der Waals surface area (Å²) in [5, 5.41) is 11.5. The quantitative estimate of drug-likeness (QED) is 0.308. The minimum absolute atomic E-state index is 0.0285. The first-order valence-corrected chi connectivity index (χ1v) is 12.5. The van der Waals surface area contributed by atoms with Gasteiger partial charge in [0.1, 0.15) is 6.10 Å². The average Bonchev–Trinajstić information content (AvgIpc) is 2.86. The normalized spacial score (nSPS) is 31.8. The predicted octanol–water partition coefficient (Wildman–Crippen LogP) is 5.07. The lowest BCUT2D eigenvalue weighted by Crippen LogP contribution is -2.64. The maximum atomic E-state index is 13.2. The Morgan fingerprint density at radius 3 is 2.50 bits per heavy atom. The molecule has 1 aromatic rings. The van der Waals surface area contributed by atoms with E-state index in [1.54, 1.807) is 6.08 Å². The van der Waals surface area contributed by atoms with Crippen molar-refractivity contribution in [2.75, 3.05) is 7.11 Å². The highest BCUT2D eigenvalue weighted by Gasteiger charge is 2.63. The van der Waals surface area contributed by atoms with E-state index in [4.69, 9.17) is 4.74 Å². The standard InChI is InChI=1S/C30H38O6/c1-19(17-26(33)35-6)23(31)18-29(4)21(3)27(34)28(30(5)20(2)11-10-14-24(29)30)36-25(32)16-15-22-12-8-7-9-13-22/h7-9,11-13,15-16,21,24,27-28,34H,1,10,14,17-18H2,2-6H3/b16-15-/t21-,24-,27+,28-,29+,30+/m0/s1. The Balaban J connectivity index is 1.89. The lowest BCUT2D eigenvalue weighted by molar-refractivity contribution is -0.209. The summed E-state index contributed by atoms with van der Waals surface area (Å²) in [7, 11) is 1.28. The minimum Gasteiger partial charge on any atom is -0.469 e. The zero-order valence-electron chi connectivity index (χ0n) is 22.0. The summed E-state index contributed by atoms with van der Waals surface area (Å²) in [5.41, 5.74) is 0.876. The number of ether oxygens (including phenoxy) is 2. The van der Waals surface area contributed by atoms with Crippen LogP contribution in [0.15, 0.2) is 60.2 Å². The SMILES string of the molecule is C=C(CC(=O)OC)C(=O)C[C@]1(C)[C@@H](C)[C@@H](O)[C@H](OC(=O)/C=C\c2ccccc2)[C@]2(C)C(C)=CCC[C@@H]12. The maximum Gasteiger partial charge on any atom is 0.331 e. The number of aliphatic hydroxyl groups excluding tert-OH is 1. The van der Waals surface area contributed by atoms with Crippen molar-refractivity contribution in [2.24, 2.45) is 22.7 Å². The molecule has 6 nitrogen and oxygen atoms in total. The molecular formula is C30H38O6. The monoisotopic (exact) mass is 494 g/mol. The Morgan fingerprint density at radius 2 is 1.86 bits per heavy atom. The number of hydrogen-bond acceptors (Lipinski definition) is 6. The molecule has 194 valence electrons. The zero-order chi connectivity index (χ0) is 26.7. The van der Waals surface area contributed by atoms with Gasteiger partial charge >= 0.3 is 11.9 Å². The fourth-order valence-corrected chi connectivity index (χ4v) is 6.21. The Morgan fingerprint density at radius 1 is 1.19 bits per heavy atom. The molecule has 3 rings (SSSR count). The Hall–Kier alpha value is -2.99. The highest BCUT2D eigenvalue weighted by Crippen LogP contribution is 2.62. The molecule has 0 unspecified atom stereocenters. The summed E-state index contributed by atoms with van der Waals surface area (Å²) in [4.78, 5) is 37.7. The molecule has 0 aliphatic heterocycles. The van der Waals surface area contributed by atoms with E-state index in [1.165, 1.54) is 13.2 Å². The van der Waals surface area contributed by atoms with Crippen LogP contribution in [0.5, 0.6) is 0 Å². The van der Waals surface area contributed by atoms with E-state index in [0.717, 1.165) is 24.0 Å².